The van der Waals surface area contributed by atoms with Crippen LogP contribution >= 0.6 is 0 Å². The van der Waals surface area contributed by atoms with Gasteiger partial charge in [-0.3, -0.25) is 4.79 Å². The third-order valence-electron chi connectivity index (χ3n) is 5.21. The summed E-state index contributed by atoms with van der Waals surface area (Å²) in [6.45, 7) is 5.50. The molecule has 2 N–H and O–H groups in total. The van der Waals surface area contributed by atoms with Gasteiger partial charge in [-0.2, -0.15) is 0 Å². The second-order valence-electron chi connectivity index (χ2n) is 7.96. The summed E-state index contributed by atoms with van der Waals surface area (Å²) in [4.78, 5) is 23.7. The Kier molecular flexibility index (Phi) is 2.67. The molecule has 4 bridgehead atoms. The molecule has 4 atom stereocenters. The fraction of sp³-hybridized carbons (Fsp3) is 0.867. The largest absolute Gasteiger partial charge is 0.481 e. The van der Waals surface area contributed by atoms with Crippen LogP contribution in [0.4, 0.5) is 4.79 Å². The Morgan fingerprint density at radius 1 is 1.25 bits per heavy atom. The third kappa shape index (κ3) is 1.98. The molecule has 4 unspecified atom stereocenters. The van der Waals surface area contributed by atoms with E-state index in [0.29, 0.717) is 12.3 Å². The van der Waals surface area contributed by atoms with Gasteiger partial charge in [-0.1, -0.05) is 0 Å². The van der Waals surface area contributed by atoms with E-state index in [1.165, 1.54) is 0 Å². The Bertz CT molecular complexity index is 469. The third-order valence-corrected chi connectivity index (χ3v) is 5.21. The number of carbonyl (C=O) groups excluding carboxylic acids is 1. The summed E-state index contributed by atoms with van der Waals surface area (Å²) in [5.74, 6) is -0.0280. The van der Waals surface area contributed by atoms with Gasteiger partial charge in [0, 0.05) is 5.54 Å². The van der Waals surface area contributed by atoms with Gasteiger partial charge >= 0.3 is 12.1 Å². The summed E-state index contributed by atoms with van der Waals surface area (Å²) < 4.78 is 5.33. The second kappa shape index (κ2) is 3.89. The van der Waals surface area contributed by atoms with E-state index in [-0.39, 0.29) is 11.5 Å². The van der Waals surface area contributed by atoms with Crippen LogP contribution in [-0.2, 0) is 9.53 Å². The van der Waals surface area contributed by atoms with Gasteiger partial charge in [0.15, 0.2) is 0 Å². The van der Waals surface area contributed by atoms with Gasteiger partial charge in [0.2, 0.25) is 0 Å². The number of carbonyl (C=O) groups is 2. The van der Waals surface area contributed by atoms with E-state index in [1.807, 2.05) is 20.8 Å². The number of hydrogen-bond donors (Lipinski definition) is 2. The van der Waals surface area contributed by atoms with Crippen molar-refractivity contribution in [2.45, 2.75) is 64.0 Å². The lowest BCUT2D eigenvalue weighted by Crippen LogP contribution is -2.53. The molecule has 0 aromatic heterocycles. The number of hydrogen-bond acceptors (Lipinski definition) is 3. The first-order valence-electron chi connectivity index (χ1n) is 7.39. The molecule has 0 aromatic carbocycles. The van der Waals surface area contributed by atoms with E-state index in [2.05, 4.69) is 5.32 Å². The van der Waals surface area contributed by atoms with Crippen LogP contribution in [0.2, 0.25) is 0 Å². The van der Waals surface area contributed by atoms with E-state index in [1.54, 1.807) is 0 Å². The fourth-order valence-electron chi connectivity index (χ4n) is 4.90. The number of alkyl carbamates (subject to hydrolysis) is 1. The number of aliphatic carboxylic acids is 1. The molecule has 0 saturated heterocycles. The first-order valence-corrected chi connectivity index (χ1v) is 7.39. The van der Waals surface area contributed by atoms with Crippen LogP contribution in [0.3, 0.4) is 0 Å². The fourth-order valence-corrected chi connectivity index (χ4v) is 4.90. The van der Waals surface area contributed by atoms with Crippen LogP contribution in [-0.4, -0.2) is 28.3 Å². The molecule has 4 saturated carbocycles. The standard InChI is InChI=1S/C15H23NO4/c1-13(2,3)20-12(19)16-14-5-9-4-10(7-14)15(6-9,8-14)11(17)18/h9-10H,4-8H2,1-3H3,(H,16,19)(H,17,18). The Morgan fingerprint density at radius 2 is 1.95 bits per heavy atom. The van der Waals surface area contributed by atoms with Gasteiger partial charge in [-0.15, -0.1) is 0 Å². The van der Waals surface area contributed by atoms with E-state index in [4.69, 9.17) is 4.74 Å². The van der Waals surface area contributed by atoms with Crippen LogP contribution in [0.15, 0.2) is 0 Å². The van der Waals surface area contributed by atoms with Crippen LogP contribution in [0.5, 0.6) is 0 Å². The van der Waals surface area contributed by atoms with Gasteiger partial charge in [0.25, 0.3) is 0 Å². The number of carboxylic acid groups (broad SMARTS) is 1. The lowest BCUT2D eigenvalue weighted by Gasteiger charge is -2.40. The van der Waals surface area contributed by atoms with Crippen molar-refractivity contribution in [2.75, 3.05) is 0 Å². The maximum absolute atomic E-state index is 12.0. The topological polar surface area (TPSA) is 75.6 Å². The Morgan fingerprint density at radius 3 is 2.50 bits per heavy atom. The van der Waals surface area contributed by atoms with E-state index in [9.17, 15) is 14.7 Å². The molecule has 4 fully saturated rings. The van der Waals surface area contributed by atoms with Crippen LogP contribution in [0.25, 0.3) is 0 Å². The number of amides is 1. The van der Waals surface area contributed by atoms with Gasteiger partial charge < -0.3 is 15.2 Å². The molecule has 0 heterocycles. The van der Waals surface area contributed by atoms with Gasteiger partial charge in [0.1, 0.15) is 5.60 Å². The van der Waals surface area contributed by atoms with Crippen LogP contribution in [0.1, 0.15) is 52.9 Å². The predicted molar refractivity (Wildman–Crippen MR) is 72.2 cm³/mol. The quantitative estimate of drug-likeness (QED) is 0.815. The van der Waals surface area contributed by atoms with Crippen molar-refractivity contribution in [3.8, 4) is 0 Å². The van der Waals surface area contributed by atoms with Gasteiger partial charge in [0.05, 0.1) is 5.41 Å². The Hall–Kier alpha value is -1.26. The average molecular weight is 281 g/mol. The Labute approximate surface area is 119 Å². The highest BCUT2D eigenvalue weighted by Crippen LogP contribution is 2.66. The zero-order valence-corrected chi connectivity index (χ0v) is 12.4. The van der Waals surface area contributed by atoms with Crippen LogP contribution in [0, 0.1) is 17.3 Å². The summed E-state index contributed by atoms with van der Waals surface area (Å²) in [6.07, 6.45) is 3.62. The first-order chi connectivity index (χ1) is 9.14. The molecular weight excluding hydrogens is 258 g/mol. The molecule has 5 heteroatoms. The molecule has 0 aliphatic heterocycles. The minimum Gasteiger partial charge on any atom is -0.481 e. The molecule has 5 nitrogen and oxygen atoms in total. The van der Waals surface area contributed by atoms with Crippen molar-refractivity contribution in [3.63, 3.8) is 0 Å². The van der Waals surface area contributed by atoms with Crippen molar-refractivity contribution < 1.29 is 19.4 Å². The molecule has 1 amide bonds. The van der Waals surface area contributed by atoms with Crippen molar-refractivity contribution in [2.24, 2.45) is 17.3 Å². The van der Waals surface area contributed by atoms with Crippen molar-refractivity contribution in [3.05, 3.63) is 0 Å². The molecular formula is C15H23NO4. The average Bonchev–Trinajstić information content (AvgIpc) is 2.59. The smallest absolute Gasteiger partial charge is 0.408 e. The summed E-state index contributed by atoms with van der Waals surface area (Å²) >= 11 is 0. The van der Waals surface area contributed by atoms with Crippen LogP contribution < -0.4 is 5.32 Å². The lowest BCUT2D eigenvalue weighted by atomic mass is 9.72. The number of rotatable bonds is 2. The van der Waals surface area contributed by atoms with E-state index >= 15 is 0 Å². The summed E-state index contributed by atoms with van der Waals surface area (Å²) in [7, 11) is 0. The molecule has 20 heavy (non-hydrogen) atoms. The molecule has 0 spiro atoms. The van der Waals surface area contributed by atoms with Crippen molar-refractivity contribution >= 4 is 12.1 Å². The maximum atomic E-state index is 12.0. The molecule has 0 radical (unpaired) electrons. The SMILES string of the molecule is CC(C)(C)OC(=O)NC12CC3CC(C1)C(C(=O)O)(C3)C2. The number of carboxylic acids is 1. The first kappa shape index (κ1) is 13.7. The Balaban J connectivity index is 1.76. The van der Waals surface area contributed by atoms with E-state index in [0.717, 1.165) is 25.7 Å². The predicted octanol–water partition coefficient (Wildman–Crippen LogP) is 2.54. The summed E-state index contributed by atoms with van der Waals surface area (Å²) in [6, 6.07) is 0. The highest BCUT2D eigenvalue weighted by molar-refractivity contribution is 5.78. The maximum Gasteiger partial charge on any atom is 0.408 e. The molecule has 0 aromatic rings. The molecule has 112 valence electrons. The zero-order chi connectivity index (χ0) is 14.8. The number of ether oxygens (including phenoxy) is 1. The second-order valence-corrected chi connectivity index (χ2v) is 7.96. The normalized spacial score (nSPS) is 41.8. The minimum absolute atomic E-state index is 0.216. The van der Waals surface area contributed by atoms with E-state index < -0.39 is 23.1 Å². The lowest BCUT2D eigenvalue weighted by molar-refractivity contribution is -0.151. The zero-order valence-electron chi connectivity index (χ0n) is 12.4. The summed E-state index contributed by atoms with van der Waals surface area (Å²) in [5.41, 5.74) is -1.48. The van der Waals surface area contributed by atoms with Crippen molar-refractivity contribution in [1.82, 2.24) is 5.32 Å². The number of nitrogens with one attached hydrogen (secondary N) is 1. The summed E-state index contributed by atoms with van der Waals surface area (Å²) in [5, 5.41) is 12.6. The van der Waals surface area contributed by atoms with Gasteiger partial charge in [-0.05, 0) is 64.7 Å². The highest BCUT2D eigenvalue weighted by atomic mass is 16.6. The highest BCUT2D eigenvalue weighted by Gasteiger charge is 2.67. The molecule has 4 rings (SSSR count). The molecule has 4 aliphatic carbocycles. The minimum atomic E-state index is -0.683. The monoisotopic (exact) mass is 281 g/mol. The van der Waals surface area contributed by atoms with Gasteiger partial charge in [-0.25, -0.2) is 4.79 Å². The molecule has 4 aliphatic rings. The van der Waals surface area contributed by atoms with Crippen molar-refractivity contribution in [1.29, 1.82) is 0 Å².